The molecular weight excluding hydrogens is 382 g/mol. The maximum absolute atomic E-state index is 10.4. The Morgan fingerprint density at radius 1 is 0.935 bits per heavy atom. The molecular formula is C27H33N3O. The van der Waals surface area contributed by atoms with Gasteiger partial charge in [-0.05, 0) is 41.5 Å². The lowest BCUT2D eigenvalue weighted by Crippen LogP contribution is -2.11. The van der Waals surface area contributed by atoms with Crippen molar-refractivity contribution in [3.8, 4) is 0 Å². The van der Waals surface area contributed by atoms with Crippen molar-refractivity contribution in [3.05, 3.63) is 95.6 Å². The SMILES string of the molecule is CC.CN(C)c1cccc(C=O)c1.CNc1ccc(C2C=Cc3ccccc3N2)cc1. The number of anilines is 3. The van der Waals surface area contributed by atoms with E-state index in [1.807, 2.05) is 58.1 Å². The minimum Gasteiger partial charge on any atom is -0.388 e. The van der Waals surface area contributed by atoms with Gasteiger partial charge in [-0.2, -0.15) is 0 Å². The van der Waals surface area contributed by atoms with E-state index in [9.17, 15) is 4.79 Å². The number of nitrogens with one attached hydrogen (secondary N) is 2. The van der Waals surface area contributed by atoms with Crippen molar-refractivity contribution >= 4 is 29.4 Å². The molecule has 0 fully saturated rings. The molecule has 162 valence electrons. The van der Waals surface area contributed by atoms with E-state index >= 15 is 0 Å². The Hall–Kier alpha value is -3.53. The highest BCUT2D eigenvalue weighted by atomic mass is 16.1. The summed E-state index contributed by atoms with van der Waals surface area (Å²) in [6.45, 7) is 4.00. The van der Waals surface area contributed by atoms with Gasteiger partial charge in [0.2, 0.25) is 0 Å². The van der Waals surface area contributed by atoms with Gasteiger partial charge >= 0.3 is 0 Å². The summed E-state index contributed by atoms with van der Waals surface area (Å²) in [5.74, 6) is 0. The van der Waals surface area contributed by atoms with E-state index in [0.717, 1.165) is 23.2 Å². The molecule has 0 radical (unpaired) electrons. The van der Waals surface area contributed by atoms with Gasteiger partial charge in [-0.3, -0.25) is 4.79 Å². The van der Waals surface area contributed by atoms with Gasteiger partial charge < -0.3 is 15.5 Å². The molecule has 4 rings (SSSR count). The second-order valence-electron chi connectivity index (χ2n) is 7.05. The first-order valence-electron chi connectivity index (χ1n) is 10.6. The summed E-state index contributed by atoms with van der Waals surface area (Å²) >= 11 is 0. The van der Waals surface area contributed by atoms with Crippen molar-refractivity contribution in [2.45, 2.75) is 19.9 Å². The lowest BCUT2D eigenvalue weighted by molar-refractivity contribution is 0.112. The third-order valence-corrected chi connectivity index (χ3v) is 4.82. The summed E-state index contributed by atoms with van der Waals surface area (Å²) in [4.78, 5) is 12.3. The van der Waals surface area contributed by atoms with Crippen LogP contribution in [0.15, 0.2) is 78.9 Å². The van der Waals surface area contributed by atoms with Gasteiger partial charge in [-0.25, -0.2) is 0 Å². The first-order chi connectivity index (χ1) is 15.1. The van der Waals surface area contributed by atoms with Gasteiger partial charge in [0, 0.05) is 43.8 Å². The van der Waals surface area contributed by atoms with Gasteiger partial charge in [-0.15, -0.1) is 0 Å². The lowest BCUT2D eigenvalue weighted by Gasteiger charge is -2.22. The Balaban J connectivity index is 0.000000226. The van der Waals surface area contributed by atoms with Crippen molar-refractivity contribution in [1.29, 1.82) is 0 Å². The molecule has 3 aromatic carbocycles. The van der Waals surface area contributed by atoms with Crippen LogP contribution in [0, 0.1) is 0 Å². The van der Waals surface area contributed by atoms with E-state index in [2.05, 4.69) is 71.3 Å². The molecule has 1 heterocycles. The largest absolute Gasteiger partial charge is 0.388 e. The molecule has 0 saturated heterocycles. The zero-order valence-electron chi connectivity index (χ0n) is 19.1. The smallest absolute Gasteiger partial charge is 0.150 e. The second kappa shape index (κ2) is 12.2. The van der Waals surface area contributed by atoms with Crippen LogP contribution in [0.1, 0.15) is 41.4 Å². The molecule has 2 N–H and O–H groups in total. The highest BCUT2D eigenvalue weighted by Crippen LogP contribution is 2.30. The van der Waals surface area contributed by atoms with E-state index in [-0.39, 0.29) is 6.04 Å². The average Bonchev–Trinajstić information content (AvgIpc) is 2.85. The Morgan fingerprint density at radius 3 is 2.29 bits per heavy atom. The van der Waals surface area contributed by atoms with Gasteiger partial charge in [-0.1, -0.05) is 68.5 Å². The maximum atomic E-state index is 10.4. The maximum Gasteiger partial charge on any atom is 0.150 e. The second-order valence-corrected chi connectivity index (χ2v) is 7.05. The molecule has 1 aliphatic heterocycles. The molecule has 3 aromatic rings. The van der Waals surface area contributed by atoms with E-state index < -0.39 is 0 Å². The molecule has 0 amide bonds. The third-order valence-electron chi connectivity index (χ3n) is 4.82. The van der Waals surface area contributed by atoms with Crippen LogP contribution in [0.25, 0.3) is 6.08 Å². The zero-order valence-corrected chi connectivity index (χ0v) is 19.1. The van der Waals surface area contributed by atoms with Crippen LogP contribution in [0.2, 0.25) is 0 Å². The topological polar surface area (TPSA) is 44.4 Å². The van der Waals surface area contributed by atoms with Crippen LogP contribution in [-0.4, -0.2) is 27.4 Å². The summed E-state index contributed by atoms with van der Waals surface area (Å²) in [7, 11) is 5.83. The van der Waals surface area contributed by atoms with Crippen molar-refractivity contribution < 1.29 is 4.79 Å². The number of hydrogen-bond acceptors (Lipinski definition) is 4. The van der Waals surface area contributed by atoms with Gasteiger partial charge in [0.25, 0.3) is 0 Å². The normalized spacial score (nSPS) is 13.3. The molecule has 0 saturated carbocycles. The van der Waals surface area contributed by atoms with E-state index in [4.69, 9.17) is 0 Å². The molecule has 0 bridgehead atoms. The van der Waals surface area contributed by atoms with Gasteiger partial charge in [0.1, 0.15) is 6.29 Å². The van der Waals surface area contributed by atoms with Crippen LogP contribution in [0.5, 0.6) is 0 Å². The van der Waals surface area contributed by atoms with Crippen LogP contribution in [0.3, 0.4) is 0 Å². The quantitative estimate of drug-likeness (QED) is 0.477. The molecule has 0 aromatic heterocycles. The fraction of sp³-hybridized carbons (Fsp3) is 0.222. The lowest BCUT2D eigenvalue weighted by atomic mass is 10.00. The fourth-order valence-corrected chi connectivity index (χ4v) is 3.12. The number of carbonyl (C=O) groups excluding carboxylic acids is 1. The molecule has 1 atom stereocenters. The minimum atomic E-state index is 0.255. The van der Waals surface area contributed by atoms with Crippen molar-refractivity contribution in [2.24, 2.45) is 0 Å². The van der Waals surface area contributed by atoms with Crippen LogP contribution < -0.4 is 15.5 Å². The van der Waals surface area contributed by atoms with Crippen molar-refractivity contribution in [3.63, 3.8) is 0 Å². The number of rotatable bonds is 4. The summed E-state index contributed by atoms with van der Waals surface area (Å²) in [6, 6.07) is 24.6. The first-order valence-corrected chi connectivity index (χ1v) is 10.6. The van der Waals surface area contributed by atoms with Gasteiger partial charge in [0.15, 0.2) is 0 Å². The van der Waals surface area contributed by atoms with E-state index in [1.54, 1.807) is 6.07 Å². The Labute approximate surface area is 186 Å². The Kier molecular flexibility index (Phi) is 9.37. The van der Waals surface area contributed by atoms with E-state index in [1.165, 1.54) is 16.8 Å². The number of para-hydroxylation sites is 1. The minimum absolute atomic E-state index is 0.255. The first kappa shape index (κ1) is 23.7. The molecule has 4 nitrogen and oxygen atoms in total. The van der Waals surface area contributed by atoms with Gasteiger partial charge in [0.05, 0.1) is 6.04 Å². The summed E-state index contributed by atoms with van der Waals surface area (Å²) in [6.07, 6.45) is 5.24. The molecule has 1 aliphatic rings. The summed E-state index contributed by atoms with van der Waals surface area (Å²) in [5, 5.41) is 6.68. The predicted octanol–water partition coefficient (Wildman–Crippen LogP) is 6.50. The molecule has 0 aliphatic carbocycles. The number of fused-ring (bicyclic) bond motifs is 1. The number of benzene rings is 3. The van der Waals surface area contributed by atoms with Crippen LogP contribution in [-0.2, 0) is 0 Å². The standard InChI is InChI=1S/C16H16N2.C9H11NO.C2H6/c1-17-14-9-6-13(7-10-14)16-11-8-12-4-2-3-5-15(12)18-16;1-10(2)9-5-3-4-8(6-9)7-11;1-2/h2-11,16-18H,1H3;3-7H,1-2H3;1-2H3. The number of aldehydes is 1. The molecule has 4 heteroatoms. The number of carbonyl (C=O) groups is 1. The van der Waals surface area contributed by atoms with Crippen molar-refractivity contribution in [2.75, 3.05) is 36.7 Å². The summed E-state index contributed by atoms with van der Waals surface area (Å²) < 4.78 is 0. The average molecular weight is 416 g/mol. The van der Waals surface area contributed by atoms with Crippen LogP contribution >= 0.6 is 0 Å². The predicted molar refractivity (Wildman–Crippen MR) is 135 cm³/mol. The van der Waals surface area contributed by atoms with Crippen molar-refractivity contribution in [1.82, 2.24) is 0 Å². The summed E-state index contributed by atoms with van der Waals surface area (Å²) in [5.41, 5.74) is 6.63. The molecule has 1 unspecified atom stereocenters. The Morgan fingerprint density at radius 2 is 1.65 bits per heavy atom. The van der Waals surface area contributed by atoms with Crippen LogP contribution in [0.4, 0.5) is 17.1 Å². The molecule has 0 spiro atoms. The highest BCUT2D eigenvalue weighted by molar-refractivity contribution is 5.77. The number of hydrogen-bond donors (Lipinski definition) is 2. The number of nitrogens with zero attached hydrogens (tertiary/aromatic N) is 1. The third kappa shape index (κ3) is 6.75. The fourth-order valence-electron chi connectivity index (χ4n) is 3.12. The zero-order chi connectivity index (χ0) is 22.6. The van der Waals surface area contributed by atoms with E-state index in [0.29, 0.717) is 0 Å². The molecule has 31 heavy (non-hydrogen) atoms. The monoisotopic (exact) mass is 415 g/mol. The Bertz CT molecular complexity index is 978. The highest BCUT2D eigenvalue weighted by Gasteiger charge is 2.13.